The summed E-state index contributed by atoms with van der Waals surface area (Å²) in [5.41, 5.74) is 0.508. The maximum absolute atomic E-state index is 13.3. The number of aromatic nitrogens is 4. The molecule has 0 saturated carbocycles. The molecular formula is C9H7FN4O. The Balaban J connectivity index is 2.43. The highest BCUT2D eigenvalue weighted by Crippen LogP contribution is 2.22. The summed E-state index contributed by atoms with van der Waals surface area (Å²) in [6, 6.07) is 4.42. The lowest BCUT2D eigenvalue weighted by atomic mass is 10.2. The van der Waals surface area contributed by atoms with Crippen LogP contribution in [0.5, 0.6) is 5.75 Å². The van der Waals surface area contributed by atoms with Crippen LogP contribution in [0, 0.1) is 5.82 Å². The maximum Gasteiger partial charge on any atom is 0.203 e. The van der Waals surface area contributed by atoms with E-state index in [0.29, 0.717) is 5.56 Å². The Hall–Kier alpha value is -2.11. The van der Waals surface area contributed by atoms with Crippen molar-refractivity contribution in [1.29, 1.82) is 0 Å². The van der Waals surface area contributed by atoms with Gasteiger partial charge in [0.25, 0.3) is 0 Å². The Bertz CT molecular complexity index is 463. The highest BCUT2D eigenvalue weighted by molar-refractivity contribution is 5.55. The van der Waals surface area contributed by atoms with Gasteiger partial charge in [0.1, 0.15) is 0 Å². The molecule has 0 unspecified atom stereocenters. The molecule has 15 heavy (non-hydrogen) atoms. The summed E-state index contributed by atoms with van der Waals surface area (Å²) in [5, 5.41) is 14.5. The van der Waals surface area contributed by atoms with E-state index in [2.05, 4.69) is 20.4 Å². The number of rotatable bonds is 2. The molecule has 0 radical (unpaired) electrons. The average Bonchev–Trinajstić information content (AvgIpc) is 2.30. The molecule has 0 amide bonds. The van der Waals surface area contributed by atoms with E-state index in [1.807, 2.05) is 0 Å². The summed E-state index contributed by atoms with van der Waals surface area (Å²) in [6.07, 6.45) is 1.21. The molecule has 0 aliphatic carbocycles. The van der Waals surface area contributed by atoms with Crippen LogP contribution in [-0.2, 0) is 0 Å². The molecule has 0 N–H and O–H groups in total. The monoisotopic (exact) mass is 205 g/mol. The van der Waals surface area contributed by atoms with Crippen LogP contribution in [0.1, 0.15) is 0 Å². The molecule has 5 nitrogen and oxygen atoms in total. The lowest BCUT2D eigenvalue weighted by Crippen LogP contribution is -1.95. The largest absolute Gasteiger partial charge is 0.494 e. The van der Waals surface area contributed by atoms with Crippen molar-refractivity contribution in [2.24, 2.45) is 0 Å². The van der Waals surface area contributed by atoms with Gasteiger partial charge in [-0.05, 0) is 18.2 Å². The minimum absolute atomic E-state index is 0.176. The highest BCUT2D eigenvalue weighted by atomic mass is 18.2. The second kappa shape index (κ2) is 3.95. The van der Waals surface area contributed by atoms with Gasteiger partial charge in [-0.1, -0.05) is 0 Å². The molecule has 0 saturated heterocycles. The zero-order chi connectivity index (χ0) is 10.7. The van der Waals surface area contributed by atoms with Gasteiger partial charge in [-0.15, -0.1) is 20.4 Å². The third-order valence-electron chi connectivity index (χ3n) is 1.82. The molecule has 0 atom stereocenters. The van der Waals surface area contributed by atoms with Crippen molar-refractivity contribution < 1.29 is 9.13 Å². The molecule has 0 aliphatic heterocycles. The SMILES string of the molecule is COc1ccc(-c2nncnn2)cc1[18F]. The van der Waals surface area contributed by atoms with Gasteiger partial charge in [-0.25, -0.2) is 4.39 Å². The Morgan fingerprint density at radius 2 is 1.93 bits per heavy atom. The van der Waals surface area contributed by atoms with E-state index in [9.17, 15) is 4.39 Å². The first-order valence-corrected chi connectivity index (χ1v) is 4.15. The van der Waals surface area contributed by atoms with Gasteiger partial charge in [-0.3, -0.25) is 0 Å². The predicted octanol–water partition coefficient (Wildman–Crippen LogP) is 1.08. The van der Waals surface area contributed by atoms with E-state index in [4.69, 9.17) is 4.74 Å². The van der Waals surface area contributed by atoms with Crippen LogP contribution in [0.25, 0.3) is 11.4 Å². The molecular weight excluding hydrogens is 198 g/mol. The van der Waals surface area contributed by atoms with Crippen molar-refractivity contribution in [1.82, 2.24) is 20.4 Å². The van der Waals surface area contributed by atoms with Gasteiger partial charge in [0.2, 0.25) is 5.82 Å². The van der Waals surface area contributed by atoms with Gasteiger partial charge in [0.05, 0.1) is 7.11 Å². The topological polar surface area (TPSA) is 60.8 Å². The van der Waals surface area contributed by atoms with E-state index in [1.165, 1.54) is 25.6 Å². The first kappa shape index (κ1) is 9.45. The number of benzene rings is 1. The van der Waals surface area contributed by atoms with Crippen LogP contribution < -0.4 is 4.74 Å². The van der Waals surface area contributed by atoms with Crippen molar-refractivity contribution in [3.63, 3.8) is 0 Å². The molecule has 1 aromatic carbocycles. The lowest BCUT2D eigenvalue weighted by Gasteiger charge is -2.02. The minimum Gasteiger partial charge on any atom is -0.494 e. The van der Waals surface area contributed by atoms with Crippen LogP contribution in [0.3, 0.4) is 0 Å². The molecule has 0 aliphatic rings. The maximum atomic E-state index is 13.3. The lowest BCUT2D eigenvalue weighted by molar-refractivity contribution is 0.386. The predicted molar refractivity (Wildman–Crippen MR) is 49.6 cm³/mol. The first-order chi connectivity index (χ1) is 7.31. The Kier molecular flexibility index (Phi) is 2.49. The molecule has 1 aromatic heterocycles. The number of hydrogen-bond donors (Lipinski definition) is 0. The van der Waals surface area contributed by atoms with Gasteiger partial charge >= 0.3 is 0 Å². The number of methoxy groups -OCH3 is 1. The van der Waals surface area contributed by atoms with Crippen molar-refractivity contribution in [2.45, 2.75) is 0 Å². The van der Waals surface area contributed by atoms with Crippen LogP contribution >= 0.6 is 0 Å². The zero-order valence-electron chi connectivity index (χ0n) is 7.88. The fourth-order valence-electron chi connectivity index (χ4n) is 1.13. The van der Waals surface area contributed by atoms with Crippen LogP contribution in [-0.4, -0.2) is 27.5 Å². The second-order valence-corrected chi connectivity index (χ2v) is 2.72. The van der Waals surface area contributed by atoms with Crippen LogP contribution in [0.2, 0.25) is 0 Å². The Morgan fingerprint density at radius 1 is 1.20 bits per heavy atom. The van der Waals surface area contributed by atoms with E-state index >= 15 is 0 Å². The minimum atomic E-state index is -0.470. The summed E-state index contributed by atoms with van der Waals surface area (Å²) in [4.78, 5) is 0. The van der Waals surface area contributed by atoms with E-state index in [0.717, 1.165) is 0 Å². The van der Waals surface area contributed by atoms with Crippen LogP contribution in [0.4, 0.5) is 4.39 Å². The molecule has 0 spiro atoms. The van der Waals surface area contributed by atoms with Crippen molar-refractivity contribution >= 4 is 0 Å². The van der Waals surface area contributed by atoms with Gasteiger partial charge in [0.15, 0.2) is 17.9 Å². The highest BCUT2D eigenvalue weighted by Gasteiger charge is 2.07. The zero-order valence-corrected chi connectivity index (χ0v) is 7.88. The summed E-state index contributed by atoms with van der Waals surface area (Å²) in [6.45, 7) is 0. The first-order valence-electron chi connectivity index (χ1n) is 4.15. The van der Waals surface area contributed by atoms with Crippen LogP contribution in [0.15, 0.2) is 24.5 Å². The third-order valence-corrected chi connectivity index (χ3v) is 1.82. The van der Waals surface area contributed by atoms with Gasteiger partial charge < -0.3 is 4.74 Å². The number of hydrogen-bond acceptors (Lipinski definition) is 5. The molecule has 0 fully saturated rings. The fourth-order valence-corrected chi connectivity index (χ4v) is 1.13. The summed E-state index contributed by atoms with van der Waals surface area (Å²) >= 11 is 0. The van der Waals surface area contributed by atoms with Crippen molar-refractivity contribution in [3.05, 3.63) is 30.3 Å². The molecule has 6 heteroatoms. The van der Waals surface area contributed by atoms with E-state index < -0.39 is 5.82 Å². The molecule has 1 heterocycles. The van der Waals surface area contributed by atoms with Gasteiger partial charge in [0, 0.05) is 5.56 Å². The quantitative estimate of drug-likeness (QED) is 0.734. The molecule has 2 rings (SSSR count). The van der Waals surface area contributed by atoms with Crippen molar-refractivity contribution in [2.75, 3.05) is 7.11 Å². The van der Waals surface area contributed by atoms with E-state index in [1.54, 1.807) is 6.07 Å². The normalized spacial score (nSPS) is 10.0. The molecule has 76 valence electrons. The second-order valence-electron chi connectivity index (χ2n) is 2.72. The van der Waals surface area contributed by atoms with Crippen molar-refractivity contribution in [3.8, 4) is 17.1 Å². The fraction of sp³-hybridized carbons (Fsp3) is 0.111. The Labute approximate surface area is 84.9 Å². The number of ether oxygens (including phenoxy) is 1. The third kappa shape index (κ3) is 1.88. The van der Waals surface area contributed by atoms with E-state index in [-0.39, 0.29) is 11.6 Å². The standard InChI is InChI=1S/C9H7FN4O/c1-15-8-3-2-6(4-7(8)10)9-13-11-5-12-14-9/h2-5H,1H3/i10-1. The van der Waals surface area contributed by atoms with Gasteiger partial charge in [-0.2, -0.15) is 0 Å². The Morgan fingerprint density at radius 3 is 2.53 bits per heavy atom. The molecule has 2 aromatic rings. The summed E-state index contributed by atoms with van der Waals surface area (Å²) < 4.78 is 18.1. The average molecular weight is 205 g/mol. The smallest absolute Gasteiger partial charge is 0.203 e. The number of halogens is 1. The summed E-state index contributed by atoms with van der Waals surface area (Å²) in [7, 11) is 1.40. The summed E-state index contributed by atoms with van der Waals surface area (Å²) in [5.74, 6) is -0.0166. The number of nitrogens with zero attached hydrogens (tertiary/aromatic N) is 4. The molecule has 0 bridgehead atoms.